The van der Waals surface area contributed by atoms with Crippen LogP contribution < -0.4 is 15.5 Å². The summed E-state index contributed by atoms with van der Waals surface area (Å²) in [5.41, 5.74) is 2.25. The number of fused-ring (bicyclic) bond motifs is 1. The quantitative estimate of drug-likeness (QED) is 0.795. The molecule has 0 saturated carbocycles. The fourth-order valence-corrected chi connectivity index (χ4v) is 1.88. The highest BCUT2D eigenvalue weighted by atomic mass is 16.2. The van der Waals surface area contributed by atoms with Gasteiger partial charge in [0.1, 0.15) is 0 Å². The molecule has 2 rings (SSSR count). The van der Waals surface area contributed by atoms with Gasteiger partial charge in [-0.3, -0.25) is 4.79 Å². The lowest BCUT2D eigenvalue weighted by Gasteiger charge is -2.30. The molecule has 88 valence electrons. The predicted molar refractivity (Wildman–Crippen MR) is 65.9 cm³/mol. The molecular weight excluding hydrogens is 216 g/mol. The molecule has 0 fully saturated rings. The molecule has 1 aliphatic heterocycles. The topological polar surface area (TPSA) is 68.2 Å². The van der Waals surface area contributed by atoms with Crippen LogP contribution in [0.25, 0.3) is 0 Å². The van der Waals surface area contributed by atoms with Gasteiger partial charge >= 0.3 is 0 Å². The number of likely N-dealkylation sites (N-methyl/N-ethyl adjacent to an activating group) is 1. The maximum atomic E-state index is 11.5. The van der Waals surface area contributed by atoms with Crippen molar-refractivity contribution in [1.29, 1.82) is 5.26 Å². The second kappa shape index (κ2) is 4.85. The van der Waals surface area contributed by atoms with E-state index in [1.165, 1.54) is 0 Å². The fourth-order valence-electron chi connectivity index (χ4n) is 1.88. The van der Waals surface area contributed by atoms with Gasteiger partial charge in [-0.05, 0) is 25.2 Å². The van der Waals surface area contributed by atoms with Crippen LogP contribution in [0.1, 0.15) is 5.56 Å². The van der Waals surface area contributed by atoms with Crippen molar-refractivity contribution in [3.8, 4) is 6.07 Å². The van der Waals surface area contributed by atoms with E-state index in [9.17, 15) is 4.79 Å². The Hall–Kier alpha value is -2.06. The van der Waals surface area contributed by atoms with Gasteiger partial charge in [0.15, 0.2) is 0 Å². The number of nitrogens with zero attached hydrogens (tertiary/aromatic N) is 2. The highest BCUT2D eigenvalue weighted by Gasteiger charge is 2.21. The van der Waals surface area contributed by atoms with Crippen molar-refractivity contribution in [2.75, 3.05) is 36.9 Å². The summed E-state index contributed by atoms with van der Waals surface area (Å²) in [5, 5.41) is 14.7. The second-order valence-electron chi connectivity index (χ2n) is 3.92. The first kappa shape index (κ1) is 11.4. The van der Waals surface area contributed by atoms with Crippen LogP contribution in [-0.4, -0.2) is 32.6 Å². The van der Waals surface area contributed by atoms with E-state index in [0.29, 0.717) is 12.1 Å². The Labute approximate surface area is 100 Å². The molecule has 2 N–H and O–H groups in total. The van der Waals surface area contributed by atoms with Gasteiger partial charge in [0.05, 0.1) is 29.6 Å². The van der Waals surface area contributed by atoms with E-state index in [0.717, 1.165) is 24.5 Å². The molecule has 0 radical (unpaired) electrons. The van der Waals surface area contributed by atoms with Crippen LogP contribution in [0, 0.1) is 11.3 Å². The molecule has 0 bridgehead atoms. The number of anilines is 2. The molecule has 1 amide bonds. The molecule has 17 heavy (non-hydrogen) atoms. The van der Waals surface area contributed by atoms with E-state index >= 15 is 0 Å². The van der Waals surface area contributed by atoms with Gasteiger partial charge in [0.25, 0.3) is 0 Å². The molecule has 1 aliphatic rings. The third kappa shape index (κ3) is 2.37. The van der Waals surface area contributed by atoms with Crippen LogP contribution in [0.2, 0.25) is 0 Å². The van der Waals surface area contributed by atoms with E-state index < -0.39 is 0 Å². The summed E-state index contributed by atoms with van der Waals surface area (Å²) in [4.78, 5) is 13.5. The molecule has 0 aromatic heterocycles. The molecule has 5 heteroatoms. The summed E-state index contributed by atoms with van der Waals surface area (Å²) in [6.45, 7) is 1.94. The zero-order chi connectivity index (χ0) is 12.3. The van der Waals surface area contributed by atoms with Crippen molar-refractivity contribution < 1.29 is 4.79 Å². The van der Waals surface area contributed by atoms with Crippen molar-refractivity contribution in [1.82, 2.24) is 5.32 Å². The molecule has 1 heterocycles. The molecule has 0 unspecified atom stereocenters. The zero-order valence-electron chi connectivity index (χ0n) is 9.66. The Kier molecular flexibility index (Phi) is 3.26. The Morgan fingerprint density at radius 1 is 1.59 bits per heavy atom. The number of benzene rings is 1. The van der Waals surface area contributed by atoms with Crippen LogP contribution in [-0.2, 0) is 4.79 Å². The van der Waals surface area contributed by atoms with Crippen molar-refractivity contribution in [2.45, 2.75) is 0 Å². The van der Waals surface area contributed by atoms with Crippen molar-refractivity contribution >= 4 is 17.3 Å². The van der Waals surface area contributed by atoms with Crippen molar-refractivity contribution in [3.63, 3.8) is 0 Å². The average Bonchev–Trinajstić information content (AvgIpc) is 2.34. The molecule has 1 aromatic carbocycles. The summed E-state index contributed by atoms with van der Waals surface area (Å²) in [6, 6.07) is 7.42. The first-order chi connectivity index (χ1) is 8.24. The number of carbonyl (C=O) groups is 1. The lowest BCUT2D eigenvalue weighted by Crippen LogP contribution is -2.41. The maximum absolute atomic E-state index is 11.5. The molecule has 5 nitrogen and oxygen atoms in total. The first-order valence-electron chi connectivity index (χ1n) is 5.48. The summed E-state index contributed by atoms with van der Waals surface area (Å²) in [7, 11) is 1.88. The number of amides is 1. The van der Waals surface area contributed by atoms with E-state index in [2.05, 4.69) is 16.7 Å². The van der Waals surface area contributed by atoms with Crippen LogP contribution in [0.3, 0.4) is 0 Å². The van der Waals surface area contributed by atoms with E-state index in [1.54, 1.807) is 12.1 Å². The Morgan fingerprint density at radius 3 is 3.12 bits per heavy atom. The van der Waals surface area contributed by atoms with Gasteiger partial charge in [-0.1, -0.05) is 0 Å². The normalized spacial score (nSPS) is 13.9. The molecular formula is C12H14N4O. The maximum Gasteiger partial charge on any atom is 0.243 e. The van der Waals surface area contributed by atoms with Gasteiger partial charge in [0, 0.05) is 13.1 Å². The minimum Gasteiger partial charge on any atom is -0.359 e. The number of rotatable bonds is 3. The van der Waals surface area contributed by atoms with Crippen LogP contribution in [0.15, 0.2) is 18.2 Å². The predicted octanol–water partition coefficient (Wildman–Crippen LogP) is 0.536. The summed E-state index contributed by atoms with van der Waals surface area (Å²) in [5.74, 6) is -0.0382. The molecule has 0 saturated heterocycles. The molecule has 0 atom stereocenters. The zero-order valence-corrected chi connectivity index (χ0v) is 9.66. The highest BCUT2D eigenvalue weighted by Crippen LogP contribution is 2.29. The molecule has 0 spiro atoms. The number of carbonyl (C=O) groups excluding carboxylic acids is 1. The Bertz CT molecular complexity index is 478. The highest BCUT2D eigenvalue weighted by molar-refractivity contribution is 6.01. The molecule has 0 aliphatic carbocycles. The van der Waals surface area contributed by atoms with Gasteiger partial charge < -0.3 is 15.5 Å². The van der Waals surface area contributed by atoms with E-state index in [-0.39, 0.29) is 5.91 Å². The van der Waals surface area contributed by atoms with Gasteiger partial charge in [-0.2, -0.15) is 5.26 Å². The van der Waals surface area contributed by atoms with E-state index in [4.69, 9.17) is 5.26 Å². The van der Waals surface area contributed by atoms with Crippen LogP contribution in [0.5, 0.6) is 0 Å². The third-order valence-electron chi connectivity index (χ3n) is 2.71. The largest absolute Gasteiger partial charge is 0.359 e. The monoisotopic (exact) mass is 230 g/mol. The number of nitrogens with one attached hydrogen (secondary N) is 2. The Morgan fingerprint density at radius 2 is 2.41 bits per heavy atom. The van der Waals surface area contributed by atoms with Crippen molar-refractivity contribution in [3.05, 3.63) is 23.8 Å². The Balaban J connectivity index is 2.30. The van der Waals surface area contributed by atoms with Crippen LogP contribution in [0.4, 0.5) is 11.4 Å². The summed E-state index contributed by atoms with van der Waals surface area (Å²) >= 11 is 0. The number of hydrogen-bond acceptors (Lipinski definition) is 4. The number of nitriles is 1. The van der Waals surface area contributed by atoms with Gasteiger partial charge in [-0.25, -0.2) is 0 Å². The third-order valence-corrected chi connectivity index (χ3v) is 2.71. The fraction of sp³-hybridized carbons (Fsp3) is 0.333. The van der Waals surface area contributed by atoms with Crippen molar-refractivity contribution in [2.24, 2.45) is 0 Å². The SMILES string of the molecule is CNCCN1CC(=O)Nc2cc(C#N)ccc21. The summed E-state index contributed by atoms with van der Waals surface area (Å²) in [6.07, 6.45) is 0. The minimum absolute atomic E-state index is 0.0382. The van der Waals surface area contributed by atoms with Gasteiger partial charge in [0.2, 0.25) is 5.91 Å². The van der Waals surface area contributed by atoms with E-state index in [1.807, 2.05) is 18.0 Å². The standard InChI is InChI=1S/C12H14N4O/c1-14-4-5-16-8-12(17)15-10-6-9(7-13)2-3-11(10)16/h2-3,6,14H,4-5,8H2,1H3,(H,15,17). The summed E-state index contributed by atoms with van der Waals surface area (Å²) < 4.78 is 0. The second-order valence-corrected chi connectivity index (χ2v) is 3.92. The smallest absolute Gasteiger partial charge is 0.243 e. The lowest BCUT2D eigenvalue weighted by atomic mass is 10.1. The van der Waals surface area contributed by atoms with Gasteiger partial charge in [-0.15, -0.1) is 0 Å². The minimum atomic E-state index is -0.0382. The van der Waals surface area contributed by atoms with Crippen LogP contribution >= 0.6 is 0 Å². The average molecular weight is 230 g/mol. The molecule has 1 aromatic rings. The first-order valence-corrected chi connectivity index (χ1v) is 5.48. The number of hydrogen-bond donors (Lipinski definition) is 2. The lowest BCUT2D eigenvalue weighted by molar-refractivity contribution is -0.115.